The fraction of sp³-hybridized carbons (Fsp3) is 0.523. The molecular weight excluding hydrogens is 1720 g/mol. The van der Waals surface area contributed by atoms with E-state index in [9.17, 15) is 68.1 Å². The molecule has 9 rings (SSSR count). The Labute approximate surface area is 761 Å². The lowest BCUT2D eigenvalue weighted by molar-refractivity contribution is -0.142. The summed E-state index contributed by atoms with van der Waals surface area (Å²) in [6.45, 7) is 8.57. The smallest absolute Gasteiger partial charge is 0.335 e. The number of likely N-dealkylation sites (tertiary alicyclic amines) is 1. The van der Waals surface area contributed by atoms with Gasteiger partial charge in [0.05, 0.1) is 102 Å². The number of nitrogens with zero attached hydrogens (tertiary/aromatic N) is 6. The minimum Gasteiger partial charge on any atom is -0.508 e. The Morgan fingerprint density at radius 2 is 1.26 bits per heavy atom. The minimum atomic E-state index is -1.85. The van der Waals surface area contributed by atoms with Gasteiger partial charge in [0.2, 0.25) is 70.9 Å². The van der Waals surface area contributed by atoms with Crippen LogP contribution in [0, 0.1) is 25.2 Å². The molecule has 12 amide bonds. The molecule has 6 heterocycles. The fourth-order valence-electron chi connectivity index (χ4n) is 15.0. The number of aliphatic hydroxyl groups excluding tert-OH is 1. The number of aromatic hydroxyl groups is 1. The van der Waals surface area contributed by atoms with Crippen molar-refractivity contribution in [3.05, 3.63) is 137 Å². The van der Waals surface area contributed by atoms with E-state index >= 15 is 9.59 Å². The molecule has 0 spiro atoms. The summed E-state index contributed by atoms with van der Waals surface area (Å²) in [6, 6.07) is 4.64. The Morgan fingerprint density at radius 1 is 0.636 bits per heavy atom. The summed E-state index contributed by atoms with van der Waals surface area (Å²) in [7, 11) is 0. The number of aryl methyl sites for hydroxylation is 3. The lowest BCUT2D eigenvalue weighted by Gasteiger charge is -2.31. The van der Waals surface area contributed by atoms with Crippen LogP contribution < -0.4 is 79.4 Å². The number of nitrogens with one attached hydrogen (secondary N) is 15. The van der Waals surface area contributed by atoms with Gasteiger partial charge in [0.1, 0.15) is 71.6 Å². The number of H-pyrrole nitrogens is 3. The van der Waals surface area contributed by atoms with Crippen molar-refractivity contribution >= 4 is 93.7 Å². The van der Waals surface area contributed by atoms with Crippen molar-refractivity contribution in [2.45, 2.75) is 204 Å². The number of para-hydroxylation sites is 1. The molecule has 0 radical (unpaired) electrons. The monoisotopic (exact) mass is 1840 g/mol. The third kappa shape index (κ3) is 33.7. The van der Waals surface area contributed by atoms with Crippen molar-refractivity contribution in [3.8, 4) is 17.2 Å². The molecule has 716 valence electrons. The van der Waals surface area contributed by atoms with Crippen LogP contribution in [0.2, 0.25) is 0 Å². The molecule has 0 aliphatic carbocycles. The number of hydrogen-bond acceptors (Lipinski definition) is 25. The Balaban J connectivity index is 0.801. The number of primary amides is 1. The predicted molar refractivity (Wildman–Crippen MR) is 476 cm³/mol. The first-order valence-electron chi connectivity index (χ1n) is 44.3. The number of imidazole rings is 1. The first-order chi connectivity index (χ1) is 63.5. The summed E-state index contributed by atoms with van der Waals surface area (Å²) >= 11 is 0. The Bertz CT molecular complexity index is 4980. The number of phenolic OH excluding ortho intramolecular Hbond substituents is 1. The molecule has 44 nitrogen and oxygen atoms in total. The largest absolute Gasteiger partial charge is 0.508 e. The molecular formula is C88H123N23O21. The first kappa shape index (κ1) is 102. The highest BCUT2D eigenvalue weighted by Gasteiger charge is 2.41. The van der Waals surface area contributed by atoms with E-state index in [1.165, 1.54) is 53.8 Å². The number of aliphatic hydroxyl groups is 1. The lowest BCUT2D eigenvalue weighted by Crippen LogP contribution is -2.61. The van der Waals surface area contributed by atoms with Gasteiger partial charge in [0.25, 0.3) is 0 Å². The molecule has 2 saturated heterocycles. The number of carboxylic acids is 1. The Kier molecular flexibility index (Phi) is 40.9. The number of carbonyl (C=O) groups excluding carboxylic acids is 12. The first-order valence-corrected chi connectivity index (χ1v) is 44.3. The van der Waals surface area contributed by atoms with E-state index in [0.717, 1.165) is 29.1 Å². The van der Waals surface area contributed by atoms with E-state index in [0.29, 0.717) is 91.3 Å². The van der Waals surface area contributed by atoms with Crippen molar-refractivity contribution in [2.75, 3.05) is 85.6 Å². The number of guanidine groups is 1. The van der Waals surface area contributed by atoms with Gasteiger partial charge in [-0.05, 0) is 150 Å². The van der Waals surface area contributed by atoms with Gasteiger partial charge in [-0.1, -0.05) is 49.4 Å². The Hall–Kier alpha value is -13.6. The number of amides is 12. The maximum absolute atomic E-state index is 15.2. The zero-order valence-electron chi connectivity index (χ0n) is 74.6. The summed E-state index contributed by atoms with van der Waals surface area (Å²) < 4.78 is 30.6. The van der Waals surface area contributed by atoms with E-state index in [-0.39, 0.29) is 171 Å². The highest BCUT2D eigenvalue weighted by molar-refractivity contribution is 6.00. The average Bonchev–Trinajstić information content (AvgIpc) is 1.66. The van der Waals surface area contributed by atoms with Crippen LogP contribution in [0.1, 0.15) is 147 Å². The van der Waals surface area contributed by atoms with E-state index in [1.807, 2.05) is 20.0 Å². The van der Waals surface area contributed by atoms with Gasteiger partial charge in [0.15, 0.2) is 5.96 Å². The number of benzene rings is 3. The molecule has 2 fully saturated rings. The van der Waals surface area contributed by atoms with Crippen molar-refractivity contribution in [2.24, 2.45) is 17.4 Å². The minimum absolute atomic E-state index is 0.0297. The molecule has 0 unspecified atom stereocenters. The molecule has 7 aromatic rings. The number of unbranched alkanes of at least 4 members (excludes halogenated alkanes) is 1. The van der Waals surface area contributed by atoms with Crippen LogP contribution in [0.3, 0.4) is 0 Å². The number of nitrogens with two attached hydrogens (primary N) is 2. The van der Waals surface area contributed by atoms with Crippen molar-refractivity contribution in [1.29, 1.82) is 5.41 Å². The number of aromatic nitrogens is 8. The summed E-state index contributed by atoms with van der Waals surface area (Å²) in [5.74, 6) is -10.4. The number of carbonyl (C=O) groups is 13. The zero-order valence-corrected chi connectivity index (χ0v) is 74.6. The van der Waals surface area contributed by atoms with E-state index in [1.54, 1.807) is 55.1 Å². The summed E-state index contributed by atoms with van der Waals surface area (Å²) in [6.07, 6.45) is 9.31. The molecule has 9 atom stereocenters. The zero-order chi connectivity index (χ0) is 95.0. The lowest BCUT2D eigenvalue weighted by atomic mass is 10.00. The summed E-state index contributed by atoms with van der Waals surface area (Å²) in [5, 5.41) is 84.4. The number of carboxylic acid groups (broad SMARTS) is 1. The molecule has 2 aliphatic rings. The number of ether oxygens (including phenoxy) is 5. The van der Waals surface area contributed by atoms with Gasteiger partial charge in [-0.2, -0.15) is 5.10 Å². The second kappa shape index (κ2) is 52.9. The van der Waals surface area contributed by atoms with Crippen molar-refractivity contribution < 1.29 is 101 Å². The SMILES string of the molecule is Cc1n[nH]c(C)c1CCCOc1cc(OCCCc2cn(CCOCCOCCOCCC(=O)NCCCC[C@@H](NC(=O)[C@H](Cc3ccc(O)cc3)NC(=O)[C@H](CO)NC(=O)[C@H](Cc3c[nH]c4ccccc34)NC(=O)[C@H](Cc3c[nH]cn3)NC(=O)[C@@H]3CCC(=O)N3)C(=O)N[C@@H](CC(C)C)C(=O)N[C@@H](CCCNC(=N)N)C(=O)N3CCC[C@H]3C(=O)NCC(N)=O)nn2)cc(C(=O)O)c1. The van der Waals surface area contributed by atoms with Crippen LogP contribution in [0.15, 0.2) is 91.6 Å². The van der Waals surface area contributed by atoms with Crippen LogP contribution in [-0.4, -0.2) is 283 Å². The number of aromatic amines is 3. The highest BCUT2D eigenvalue weighted by atomic mass is 16.5. The number of aromatic carboxylic acids is 1. The van der Waals surface area contributed by atoms with Gasteiger partial charge in [-0.15, -0.1) is 5.10 Å². The van der Waals surface area contributed by atoms with Crippen LogP contribution in [0.4, 0.5) is 0 Å². The molecule has 4 aromatic heterocycles. The second-order valence-electron chi connectivity index (χ2n) is 32.7. The molecule has 132 heavy (non-hydrogen) atoms. The van der Waals surface area contributed by atoms with Crippen molar-refractivity contribution in [1.82, 2.24) is 104 Å². The molecule has 0 bridgehead atoms. The van der Waals surface area contributed by atoms with Gasteiger partial charge < -0.3 is 124 Å². The van der Waals surface area contributed by atoms with Crippen LogP contribution in [-0.2, 0) is 110 Å². The van der Waals surface area contributed by atoms with E-state index in [4.69, 9.17) is 40.6 Å². The fourth-order valence-corrected chi connectivity index (χ4v) is 15.0. The number of hydrogen-bond donors (Lipinski definition) is 20. The van der Waals surface area contributed by atoms with E-state index < -0.39 is 133 Å². The summed E-state index contributed by atoms with van der Waals surface area (Å²) in [5.41, 5.74) is 16.7. The molecule has 2 aliphatic heterocycles. The molecule has 3 aromatic carbocycles. The van der Waals surface area contributed by atoms with Gasteiger partial charge >= 0.3 is 5.97 Å². The number of rotatable bonds is 59. The number of fused-ring (bicyclic) bond motifs is 1. The normalized spacial score (nSPS) is 15.1. The molecule has 44 heteroatoms. The Morgan fingerprint density at radius 3 is 1.91 bits per heavy atom. The topological polar surface area (TPSA) is 644 Å². The van der Waals surface area contributed by atoms with Crippen LogP contribution >= 0.6 is 0 Å². The third-order valence-corrected chi connectivity index (χ3v) is 21.9. The quantitative estimate of drug-likeness (QED) is 0.0127. The van der Waals surface area contributed by atoms with Gasteiger partial charge in [-0.25, -0.2) is 14.5 Å². The maximum atomic E-state index is 15.2. The number of phenols is 1. The van der Waals surface area contributed by atoms with Crippen LogP contribution in [0.25, 0.3) is 10.9 Å². The van der Waals surface area contributed by atoms with Gasteiger partial charge in [0, 0.05) is 93.0 Å². The second-order valence-corrected chi connectivity index (χ2v) is 32.7. The third-order valence-electron chi connectivity index (χ3n) is 21.9. The molecule has 22 N–H and O–H groups in total. The standard InChI is InChI=1S/C88H123N23O21/c1-52(2)39-69(80(119)100-68(18-9-28-94-88(90)91)86(125)111-29-10-19-74(111)85(124)96-48-75(89)114)101-78(117)66(17-7-8-27-93-76(115)26-33-128-35-37-130-38-36-129-34-30-110-49-58(108-109-110)13-11-31-131-61-41-56(87(126)127)42-62(45-61)132-32-12-15-63-53(3)106-107-54(63)4)99-81(120)70(40-55-20-22-60(113)23-21-55)102-84(123)73(50-112)105-82(121)71(43-57-46-95-65-16-6-5-14-64(57)65)103-83(122)72(44-59-47-92-51-97-59)104-79(118)67-24-25-77(116)98-67/h5-6,14,16,20-23,41-42,45-47,49,51-52,66-74,95,112-113H,7-13,15,17-19,24-40,43-44,48,50H2,1-4H3,(H2,89,114)(H,92,97)(H,93,115)(H,96,124)(H,98,116)(H,99,120)(H,100,119)(H,101,117)(H,102,123)(H,103,122)(H,104,118)(H,105,121)(H,106,107)(H,126,127)(H4,90,91,94)/t66-,67+,68+,69+,70+,71+,72+,73+,74+/m1/s1. The molecule has 0 saturated carbocycles. The van der Waals surface area contributed by atoms with Gasteiger partial charge in [-0.3, -0.25) is 68.0 Å². The van der Waals surface area contributed by atoms with Crippen LogP contribution in [0.5, 0.6) is 17.2 Å². The van der Waals surface area contributed by atoms with E-state index in [2.05, 4.69) is 93.9 Å². The predicted octanol–water partition coefficient (Wildman–Crippen LogP) is -0.730. The average molecular weight is 1840 g/mol. The van der Waals surface area contributed by atoms with Crippen molar-refractivity contribution in [3.63, 3.8) is 0 Å². The maximum Gasteiger partial charge on any atom is 0.335 e. The highest BCUT2D eigenvalue weighted by Crippen LogP contribution is 2.27. The summed E-state index contributed by atoms with van der Waals surface area (Å²) in [4.78, 5) is 191.